The lowest BCUT2D eigenvalue weighted by molar-refractivity contribution is 0.226. The minimum absolute atomic E-state index is 0. The molecule has 1 aromatic heterocycles. The molecule has 0 unspecified atom stereocenters. The van der Waals surface area contributed by atoms with E-state index in [0.717, 1.165) is 32.2 Å². The minimum atomic E-state index is -0.314. The van der Waals surface area contributed by atoms with Crippen LogP contribution in [0.25, 0.3) is 0 Å². The molecule has 1 aliphatic rings. The topological polar surface area (TPSA) is 68.2 Å². The van der Waals surface area contributed by atoms with E-state index in [1.54, 1.807) is 0 Å². The average molecular weight is 261 g/mol. The van der Waals surface area contributed by atoms with Crippen molar-refractivity contribution in [2.45, 2.75) is 44.7 Å². The van der Waals surface area contributed by atoms with Crippen molar-refractivity contribution >= 4 is 12.4 Å². The predicted octanol–water partition coefficient (Wildman–Crippen LogP) is 1.67. The van der Waals surface area contributed by atoms with E-state index < -0.39 is 0 Å². The Balaban J connectivity index is 0.00000144. The molecule has 2 N–H and O–H groups in total. The Hall–Kier alpha value is -0.650. The maximum absolute atomic E-state index is 6.13. The van der Waals surface area contributed by atoms with Crippen molar-refractivity contribution in [2.75, 3.05) is 13.6 Å². The summed E-state index contributed by atoms with van der Waals surface area (Å²) in [4.78, 5) is 6.55. The third-order valence-electron chi connectivity index (χ3n) is 3.17. The summed E-state index contributed by atoms with van der Waals surface area (Å²) < 4.78 is 5.22. The lowest BCUT2D eigenvalue weighted by Gasteiger charge is -2.34. The van der Waals surface area contributed by atoms with E-state index in [-0.39, 0.29) is 17.9 Å². The molecule has 0 aliphatic heterocycles. The molecule has 1 heterocycles. The SMILES string of the molecule is CCCN(C)Cc1nc(C2(N)CCC2)no1.Cl. The van der Waals surface area contributed by atoms with Crippen molar-refractivity contribution in [2.24, 2.45) is 5.73 Å². The Morgan fingerprint density at radius 2 is 2.18 bits per heavy atom. The zero-order chi connectivity index (χ0) is 11.6. The minimum Gasteiger partial charge on any atom is -0.338 e. The van der Waals surface area contributed by atoms with E-state index in [4.69, 9.17) is 10.3 Å². The largest absolute Gasteiger partial charge is 0.338 e. The van der Waals surface area contributed by atoms with Gasteiger partial charge in [0.05, 0.1) is 12.1 Å². The first-order chi connectivity index (χ1) is 7.64. The fraction of sp³-hybridized carbons (Fsp3) is 0.818. The van der Waals surface area contributed by atoms with Crippen LogP contribution in [0.5, 0.6) is 0 Å². The van der Waals surface area contributed by atoms with E-state index in [1.807, 2.05) is 0 Å². The van der Waals surface area contributed by atoms with E-state index >= 15 is 0 Å². The van der Waals surface area contributed by atoms with Gasteiger partial charge in [0, 0.05) is 0 Å². The lowest BCUT2D eigenvalue weighted by atomic mass is 9.77. The summed E-state index contributed by atoms with van der Waals surface area (Å²) in [6.45, 7) is 3.89. The van der Waals surface area contributed by atoms with E-state index in [1.165, 1.54) is 0 Å². The van der Waals surface area contributed by atoms with Gasteiger partial charge in [0.25, 0.3) is 0 Å². The second-order valence-corrected chi connectivity index (χ2v) is 4.76. The second kappa shape index (κ2) is 5.80. The van der Waals surface area contributed by atoms with Crippen LogP contribution in [0.1, 0.15) is 44.3 Å². The van der Waals surface area contributed by atoms with Crippen LogP contribution in [-0.2, 0) is 12.1 Å². The summed E-state index contributed by atoms with van der Waals surface area (Å²) in [6, 6.07) is 0. The number of nitrogens with two attached hydrogens (primary N) is 1. The van der Waals surface area contributed by atoms with E-state index in [0.29, 0.717) is 18.3 Å². The molecule has 0 amide bonds. The lowest BCUT2D eigenvalue weighted by Crippen LogP contribution is -2.44. The molecule has 17 heavy (non-hydrogen) atoms. The maximum Gasteiger partial charge on any atom is 0.240 e. The molecule has 2 rings (SSSR count). The van der Waals surface area contributed by atoms with Gasteiger partial charge in [0.1, 0.15) is 0 Å². The average Bonchev–Trinajstić information content (AvgIpc) is 2.63. The van der Waals surface area contributed by atoms with Crippen molar-refractivity contribution in [3.05, 3.63) is 11.7 Å². The van der Waals surface area contributed by atoms with Crippen molar-refractivity contribution in [1.29, 1.82) is 0 Å². The number of halogens is 1. The van der Waals surface area contributed by atoms with Gasteiger partial charge in [0.15, 0.2) is 5.82 Å². The first kappa shape index (κ1) is 14.4. The van der Waals surface area contributed by atoms with E-state index in [9.17, 15) is 0 Å². The molecule has 98 valence electrons. The molecular formula is C11H21ClN4O. The van der Waals surface area contributed by atoms with Gasteiger partial charge in [-0.15, -0.1) is 12.4 Å². The highest BCUT2D eigenvalue weighted by Gasteiger charge is 2.38. The molecular weight excluding hydrogens is 240 g/mol. The Bertz CT molecular complexity index is 351. The molecule has 0 radical (unpaired) electrons. The van der Waals surface area contributed by atoms with Crippen molar-refractivity contribution in [3.63, 3.8) is 0 Å². The zero-order valence-corrected chi connectivity index (χ0v) is 11.3. The molecule has 1 aromatic rings. The normalized spacial score (nSPS) is 17.6. The van der Waals surface area contributed by atoms with Gasteiger partial charge >= 0.3 is 0 Å². The molecule has 0 bridgehead atoms. The van der Waals surface area contributed by atoms with Crippen molar-refractivity contribution in [3.8, 4) is 0 Å². The van der Waals surface area contributed by atoms with Crippen LogP contribution in [0.15, 0.2) is 4.52 Å². The van der Waals surface area contributed by atoms with Gasteiger partial charge in [-0.3, -0.25) is 4.90 Å². The summed E-state index contributed by atoms with van der Waals surface area (Å²) in [5.41, 5.74) is 5.81. The fourth-order valence-electron chi connectivity index (χ4n) is 1.99. The van der Waals surface area contributed by atoms with Gasteiger partial charge in [0.2, 0.25) is 5.89 Å². The standard InChI is InChI=1S/C11H20N4O.ClH/c1-3-7-15(2)8-9-13-10(14-16-9)11(12)5-4-6-11;/h3-8,12H2,1-2H3;1H. The molecule has 5 nitrogen and oxygen atoms in total. The Labute approximate surface area is 108 Å². The van der Waals surface area contributed by atoms with Gasteiger partial charge in [-0.1, -0.05) is 12.1 Å². The fourth-order valence-corrected chi connectivity index (χ4v) is 1.99. The Morgan fingerprint density at radius 3 is 2.71 bits per heavy atom. The third-order valence-corrected chi connectivity index (χ3v) is 3.17. The highest BCUT2D eigenvalue weighted by Crippen LogP contribution is 2.36. The molecule has 1 aliphatic carbocycles. The van der Waals surface area contributed by atoms with Crippen LogP contribution in [-0.4, -0.2) is 28.6 Å². The summed E-state index contributed by atoms with van der Waals surface area (Å²) in [6.07, 6.45) is 4.22. The second-order valence-electron chi connectivity index (χ2n) is 4.76. The summed E-state index contributed by atoms with van der Waals surface area (Å²) in [5, 5.41) is 3.99. The monoisotopic (exact) mass is 260 g/mol. The highest BCUT2D eigenvalue weighted by molar-refractivity contribution is 5.85. The molecule has 0 saturated heterocycles. The maximum atomic E-state index is 6.13. The first-order valence-corrected chi connectivity index (χ1v) is 5.94. The van der Waals surface area contributed by atoms with Crippen LogP contribution in [0.2, 0.25) is 0 Å². The number of aromatic nitrogens is 2. The van der Waals surface area contributed by atoms with Crippen LogP contribution < -0.4 is 5.73 Å². The molecule has 0 atom stereocenters. The molecule has 1 fully saturated rings. The quantitative estimate of drug-likeness (QED) is 0.872. The molecule has 0 spiro atoms. The zero-order valence-electron chi connectivity index (χ0n) is 10.5. The molecule has 6 heteroatoms. The van der Waals surface area contributed by atoms with Crippen molar-refractivity contribution in [1.82, 2.24) is 15.0 Å². The Kier molecular flexibility index (Phi) is 4.91. The van der Waals surface area contributed by atoms with Crippen LogP contribution in [0.4, 0.5) is 0 Å². The third kappa shape index (κ3) is 3.18. The Morgan fingerprint density at radius 1 is 1.47 bits per heavy atom. The highest BCUT2D eigenvalue weighted by atomic mass is 35.5. The van der Waals surface area contributed by atoms with Crippen LogP contribution in [0.3, 0.4) is 0 Å². The van der Waals surface area contributed by atoms with Gasteiger partial charge in [-0.2, -0.15) is 4.98 Å². The van der Waals surface area contributed by atoms with Gasteiger partial charge in [-0.05, 0) is 39.3 Å². The first-order valence-electron chi connectivity index (χ1n) is 5.94. The number of nitrogens with zero attached hydrogens (tertiary/aromatic N) is 3. The smallest absolute Gasteiger partial charge is 0.240 e. The van der Waals surface area contributed by atoms with Gasteiger partial charge in [-0.25, -0.2) is 0 Å². The summed E-state index contributed by atoms with van der Waals surface area (Å²) >= 11 is 0. The molecule has 1 saturated carbocycles. The predicted molar refractivity (Wildman–Crippen MR) is 67.9 cm³/mol. The van der Waals surface area contributed by atoms with Crippen LogP contribution in [0, 0.1) is 0 Å². The van der Waals surface area contributed by atoms with Gasteiger partial charge < -0.3 is 10.3 Å². The van der Waals surface area contributed by atoms with Crippen LogP contribution >= 0.6 is 12.4 Å². The molecule has 0 aromatic carbocycles. The number of rotatable bonds is 5. The van der Waals surface area contributed by atoms with Crippen molar-refractivity contribution < 1.29 is 4.52 Å². The number of hydrogen-bond donors (Lipinski definition) is 1. The van der Waals surface area contributed by atoms with E-state index in [2.05, 4.69) is 29.0 Å². The summed E-state index contributed by atoms with van der Waals surface area (Å²) in [5.74, 6) is 1.35. The number of hydrogen-bond acceptors (Lipinski definition) is 5. The summed E-state index contributed by atoms with van der Waals surface area (Å²) in [7, 11) is 2.05.